The van der Waals surface area contributed by atoms with Crippen LogP contribution in [0.3, 0.4) is 0 Å². The third-order valence-corrected chi connectivity index (χ3v) is 3.21. The molecular formula is C17H15ClFNO. The highest BCUT2D eigenvalue weighted by atomic mass is 35.5. The summed E-state index contributed by atoms with van der Waals surface area (Å²) in [6.07, 6.45) is 3.21. The fraction of sp³-hybridized carbons (Fsp3) is 0.118. The lowest BCUT2D eigenvalue weighted by Gasteiger charge is -2.15. The van der Waals surface area contributed by atoms with Crippen LogP contribution in [0.4, 0.5) is 4.39 Å². The van der Waals surface area contributed by atoms with Crippen molar-refractivity contribution in [3.05, 3.63) is 76.6 Å². The largest absolute Gasteiger partial charge is 0.338 e. The van der Waals surface area contributed by atoms with Gasteiger partial charge in [-0.1, -0.05) is 35.9 Å². The Morgan fingerprint density at radius 2 is 1.95 bits per heavy atom. The molecule has 0 unspecified atom stereocenters. The maximum Gasteiger partial charge on any atom is 0.246 e. The van der Waals surface area contributed by atoms with Crippen LogP contribution in [-0.4, -0.2) is 17.9 Å². The second-order valence-corrected chi connectivity index (χ2v) is 5.15. The fourth-order valence-electron chi connectivity index (χ4n) is 1.85. The van der Waals surface area contributed by atoms with Crippen molar-refractivity contribution in [3.8, 4) is 0 Å². The minimum Gasteiger partial charge on any atom is -0.338 e. The molecule has 2 aromatic rings. The summed E-state index contributed by atoms with van der Waals surface area (Å²) in [5.74, 6) is -0.409. The standard InChI is InChI=1S/C17H15ClFNO/c1-20(12-14-5-8-16(19)9-6-14)17(21)10-7-13-3-2-4-15(18)11-13/h2-11H,12H2,1H3/b10-7+. The second-order valence-electron chi connectivity index (χ2n) is 4.71. The zero-order valence-corrected chi connectivity index (χ0v) is 12.3. The summed E-state index contributed by atoms with van der Waals surface area (Å²) in [5.41, 5.74) is 1.74. The van der Waals surface area contributed by atoms with Crippen LogP contribution in [0.25, 0.3) is 6.08 Å². The molecule has 1 amide bonds. The van der Waals surface area contributed by atoms with E-state index in [0.29, 0.717) is 11.6 Å². The molecule has 0 aromatic heterocycles. The van der Waals surface area contributed by atoms with Gasteiger partial charge < -0.3 is 4.90 Å². The molecule has 4 heteroatoms. The zero-order chi connectivity index (χ0) is 15.2. The van der Waals surface area contributed by atoms with Gasteiger partial charge in [-0.15, -0.1) is 0 Å². The highest BCUT2D eigenvalue weighted by molar-refractivity contribution is 6.30. The molecule has 2 nitrogen and oxygen atoms in total. The van der Waals surface area contributed by atoms with Gasteiger partial charge in [0.1, 0.15) is 5.82 Å². The van der Waals surface area contributed by atoms with E-state index in [0.717, 1.165) is 11.1 Å². The molecule has 0 heterocycles. The maximum absolute atomic E-state index is 12.8. The maximum atomic E-state index is 12.8. The van der Waals surface area contributed by atoms with Gasteiger partial charge in [-0.3, -0.25) is 4.79 Å². The van der Waals surface area contributed by atoms with E-state index in [1.165, 1.54) is 18.2 Å². The number of carbonyl (C=O) groups is 1. The lowest BCUT2D eigenvalue weighted by molar-refractivity contribution is -0.125. The van der Waals surface area contributed by atoms with Gasteiger partial charge in [-0.05, 0) is 41.5 Å². The molecule has 2 aromatic carbocycles. The number of amides is 1. The molecule has 0 saturated heterocycles. The minimum atomic E-state index is -0.284. The number of likely N-dealkylation sites (N-methyl/N-ethyl adjacent to an activating group) is 1. The molecule has 0 saturated carbocycles. The molecule has 2 rings (SSSR count). The predicted octanol–water partition coefficient (Wildman–Crippen LogP) is 4.15. The number of hydrogen-bond donors (Lipinski definition) is 0. The number of benzene rings is 2. The Hall–Kier alpha value is -2.13. The Balaban J connectivity index is 1.97. The predicted molar refractivity (Wildman–Crippen MR) is 83.4 cm³/mol. The molecule has 108 valence electrons. The zero-order valence-electron chi connectivity index (χ0n) is 11.6. The topological polar surface area (TPSA) is 20.3 Å². The van der Waals surface area contributed by atoms with Crippen LogP contribution in [-0.2, 0) is 11.3 Å². The van der Waals surface area contributed by atoms with E-state index in [2.05, 4.69) is 0 Å². The second kappa shape index (κ2) is 7.04. The van der Waals surface area contributed by atoms with E-state index < -0.39 is 0 Å². The van der Waals surface area contributed by atoms with E-state index in [9.17, 15) is 9.18 Å². The Labute approximate surface area is 128 Å². The van der Waals surface area contributed by atoms with E-state index in [4.69, 9.17) is 11.6 Å². The van der Waals surface area contributed by atoms with Gasteiger partial charge in [0.15, 0.2) is 0 Å². The third-order valence-electron chi connectivity index (χ3n) is 2.98. The Morgan fingerprint density at radius 3 is 2.62 bits per heavy atom. The monoisotopic (exact) mass is 303 g/mol. The SMILES string of the molecule is CN(Cc1ccc(F)cc1)C(=O)/C=C/c1cccc(Cl)c1. The summed E-state index contributed by atoms with van der Waals surface area (Å²) in [6, 6.07) is 13.4. The van der Waals surface area contributed by atoms with Crippen molar-refractivity contribution in [2.24, 2.45) is 0 Å². The smallest absolute Gasteiger partial charge is 0.246 e. The van der Waals surface area contributed by atoms with Crippen molar-refractivity contribution in [2.75, 3.05) is 7.05 Å². The Morgan fingerprint density at radius 1 is 1.24 bits per heavy atom. The fourth-order valence-corrected chi connectivity index (χ4v) is 2.05. The van der Waals surface area contributed by atoms with Crippen molar-refractivity contribution in [2.45, 2.75) is 6.54 Å². The first-order chi connectivity index (χ1) is 10.0. The van der Waals surface area contributed by atoms with E-state index in [-0.39, 0.29) is 11.7 Å². The average Bonchev–Trinajstić information content (AvgIpc) is 2.47. The van der Waals surface area contributed by atoms with Crippen LogP contribution in [0.2, 0.25) is 5.02 Å². The van der Waals surface area contributed by atoms with Crippen LogP contribution in [0.15, 0.2) is 54.6 Å². The van der Waals surface area contributed by atoms with Gasteiger partial charge in [-0.2, -0.15) is 0 Å². The summed E-state index contributed by atoms with van der Waals surface area (Å²) in [5, 5.41) is 0.629. The lowest BCUT2D eigenvalue weighted by atomic mass is 10.2. The third kappa shape index (κ3) is 4.72. The average molecular weight is 304 g/mol. The van der Waals surface area contributed by atoms with Crippen molar-refractivity contribution in [3.63, 3.8) is 0 Å². The molecule has 0 atom stereocenters. The summed E-state index contributed by atoms with van der Waals surface area (Å²) >= 11 is 5.88. The normalized spacial score (nSPS) is 10.8. The number of rotatable bonds is 4. The van der Waals surface area contributed by atoms with Gasteiger partial charge >= 0.3 is 0 Å². The van der Waals surface area contributed by atoms with Gasteiger partial charge in [0.2, 0.25) is 5.91 Å². The molecule has 0 fully saturated rings. The van der Waals surface area contributed by atoms with Crippen molar-refractivity contribution < 1.29 is 9.18 Å². The highest BCUT2D eigenvalue weighted by Gasteiger charge is 2.05. The van der Waals surface area contributed by atoms with Crippen molar-refractivity contribution >= 4 is 23.6 Å². The van der Waals surface area contributed by atoms with Crippen LogP contribution in [0, 0.1) is 5.82 Å². The molecule has 0 radical (unpaired) electrons. The Bertz CT molecular complexity index is 652. The van der Waals surface area contributed by atoms with Crippen LogP contribution < -0.4 is 0 Å². The molecule has 0 N–H and O–H groups in total. The number of hydrogen-bond acceptors (Lipinski definition) is 1. The number of nitrogens with zero attached hydrogens (tertiary/aromatic N) is 1. The summed E-state index contributed by atoms with van der Waals surface area (Å²) in [6.45, 7) is 0.430. The summed E-state index contributed by atoms with van der Waals surface area (Å²) in [4.78, 5) is 13.6. The van der Waals surface area contributed by atoms with Gasteiger partial charge in [0.25, 0.3) is 0 Å². The van der Waals surface area contributed by atoms with Crippen molar-refractivity contribution in [1.82, 2.24) is 4.90 Å². The molecule has 0 aliphatic rings. The van der Waals surface area contributed by atoms with Gasteiger partial charge in [0.05, 0.1) is 0 Å². The number of carbonyl (C=O) groups excluding carboxylic acids is 1. The Kier molecular flexibility index (Phi) is 5.12. The highest BCUT2D eigenvalue weighted by Crippen LogP contribution is 2.12. The molecule has 0 spiro atoms. The molecular weight excluding hydrogens is 289 g/mol. The molecule has 0 aliphatic carbocycles. The van der Waals surface area contributed by atoms with E-state index >= 15 is 0 Å². The quantitative estimate of drug-likeness (QED) is 0.777. The number of halogens is 2. The van der Waals surface area contributed by atoms with Crippen molar-refractivity contribution in [1.29, 1.82) is 0 Å². The van der Waals surface area contributed by atoms with Gasteiger partial charge in [0, 0.05) is 24.7 Å². The van der Waals surface area contributed by atoms with Crippen LogP contribution >= 0.6 is 11.6 Å². The van der Waals surface area contributed by atoms with E-state index in [1.807, 2.05) is 12.1 Å². The molecule has 21 heavy (non-hydrogen) atoms. The van der Waals surface area contributed by atoms with Crippen LogP contribution in [0.5, 0.6) is 0 Å². The molecule has 0 aliphatic heterocycles. The summed E-state index contributed by atoms with van der Waals surface area (Å²) < 4.78 is 12.8. The lowest BCUT2D eigenvalue weighted by Crippen LogP contribution is -2.24. The first-order valence-corrected chi connectivity index (χ1v) is 6.85. The summed E-state index contributed by atoms with van der Waals surface area (Å²) in [7, 11) is 1.70. The first kappa shape index (κ1) is 15.3. The van der Waals surface area contributed by atoms with E-state index in [1.54, 1.807) is 42.3 Å². The van der Waals surface area contributed by atoms with Crippen LogP contribution in [0.1, 0.15) is 11.1 Å². The molecule has 0 bridgehead atoms. The first-order valence-electron chi connectivity index (χ1n) is 6.48. The minimum absolute atomic E-state index is 0.126. The van der Waals surface area contributed by atoms with Gasteiger partial charge in [-0.25, -0.2) is 4.39 Å².